The lowest BCUT2D eigenvalue weighted by molar-refractivity contribution is -0.149. The second-order valence-corrected chi connectivity index (χ2v) is 8.58. The van der Waals surface area contributed by atoms with Crippen molar-refractivity contribution in [3.8, 4) is 5.75 Å². The van der Waals surface area contributed by atoms with Crippen molar-refractivity contribution in [3.05, 3.63) is 29.8 Å². The molecule has 1 fully saturated rings. The zero-order chi connectivity index (χ0) is 25.3. The van der Waals surface area contributed by atoms with E-state index in [-0.39, 0.29) is 18.7 Å². The molecule has 1 saturated heterocycles. The topological polar surface area (TPSA) is 188 Å². The van der Waals surface area contributed by atoms with E-state index in [4.69, 9.17) is 11.5 Å². The minimum Gasteiger partial charge on any atom is -0.508 e. The molecule has 8 N–H and O–H groups in total. The van der Waals surface area contributed by atoms with Crippen LogP contribution in [0.1, 0.15) is 44.6 Å². The van der Waals surface area contributed by atoms with Gasteiger partial charge in [0.25, 0.3) is 0 Å². The number of hydrogen-bond acceptors (Lipinski definition) is 7. The van der Waals surface area contributed by atoms with Crippen LogP contribution in [-0.2, 0) is 25.6 Å². The van der Waals surface area contributed by atoms with Gasteiger partial charge in [0.15, 0.2) is 0 Å². The molecule has 4 unspecified atom stereocenters. The van der Waals surface area contributed by atoms with Crippen LogP contribution in [0.3, 0.4) is 0 Å². The van der Waals surface area contributed by atoms with Gasteiger partial charge in [0, 0.05) is 13.0 Å². The van der Waals surface area contributed by atoms with Gasteiger partial charge in [-0.25, -0.2) is 4.79 Å². The number of carboxylic acid groups (broad SMARTS) is 1. The Morgan fingerprint density at radius 2 is 1.79 bits per heavy atom. The van der Waals surface area contributed by atoms with Gasteiger partial charge >= 0.3 is 5.97 Å². The van der Waals surface area contributed by atoms with Crippen LogP contribution in [0.25, 0.3) is 0 Å². The number of carbonyl (C=O) groups excluding carboxylic acids is 3. The molecule has 11 heteroatoms. The van der Waals surface area contributed by atoms with E-state index in [1.165, 1.54) is 24.0 Å². The molecule has 1 aliphatic heterocycles. The number of aromatic hydroxyl groups is 1. The molecule has 0 aliphatic carbocycles. The van der Waals surface area contributed by atoms with E-state index < -0.39 is 47.9 Å². The molecule has 1 aromatic rings. The molecule has 4 atom stereocenters. The molecule has 188 valence electrons. The highest BCUT2D eigenvalue weighted by atomic mass is 16.4. The lowest BCUT2D eigenvalue weighted by Crippen LogP contribution is -2.57. The molecular formula is C23H35N5O6. The number of nitrogens with zero attached hydrogens (tertiary/aromatic N) is 1. The average molecular weight is 478 g/mol. The first-order valence-corrected chi connectivity index (χ1v) is 11.5. The molecule has 0 radical (unpaired) electrons. The van der Waals surface area contributed by atoms with Gasteiger partial charge in [-0.2, -0.15) is 0 Å². The van der Waals surface area contributed by atoms with E-state index in [0.29, 0.717) is 37.8 Å². The van der Waals surface area contributed by atoms with Crippen LogP contribution in [0.4, 0.5) is 0 Å². The third-order valence-electron chi connectivity index (χ3n) is 5.87. The fourth-order valence-electron chi connectivity index (χ4n) is 3.88. The Bertz CT molecular complexity index is 862. The van der Waals surface area contributed by atoms with E-state index >= 15 is 0 Å². The molecule has 1 heterocycles. The standard InChI is InChI=1S/C23H35N5O6/c1-14(26-21(31)17(25)5-2-3-11-24)20(30)27-18(13-15-7-9-16(29)10-8-15)22(32)28-12-4-6-19(28)23(33)34/h7-10,14,17-19,29H,2-6,11-13,24-25H2,1H3,(H,26,31)(H,27,30)(H,33,34). The van der Waals surface area contributed by atoms with E-state index in [1.54, 1.807) is 12.1 Å². The number of nitrogens with one attached hydrogen (secondary N) is 2. The summed E-state index contributed by atoms with van der Waals surface area (Å²) in [5, 5.41) is 24.2. The summed E-state index contributed by atoms with van der Waals surface area (Å²) in [7, 11) is 0. The number of phenolic OH excluding ortho intramolecular Hbond substituents is 1. The monoisotopic (exact) mass is 477 g/mol. The van der Waals surface area contributed by atoms with Gasteiger partial charge in [0.1, 0.15) is 23.9 Å². The number of phenols is 1. The number of hydrogen-bond donors (Lipinski definition) is 6. The van der Waals surface area contributed by atoms with Crippen LogP contribution in [0, 0.1) is 0 Å². The normalized spacial score (nSPS) is 18.1. The van der Waals surface area contributed by atoms with Crippen LogP contribution in [0.15, 0.2) is 24.3 Å². The molecule has 0 bridgehead atoms. The van der Waals surface area contributed by atoms with Crippen LogP contribution in [0.2, 0.25) is 0 Å². The largest absolute Gasteiger partial charge is 0.508 e. The number of rotatable bonds is 12. The highest BCUT2D eigenvalue weighted by Gasteiger charge is 2.38. The zero-order valence-electron chi connectivity index (χ0n) is 19.4. The molecule has 3 amide bonds. The summed E-state index contributed by atoms with van der Waals surface area (Å²) in [4.78, 5) is 51.2. The number of benzene rings is 1. The highest BCUT2D eigenvalue weighted by molar-refractivity contribution is 5.94. The van der Waals surface area contributed by atoms with Crippen molar-refractivity contribution in [1.82, 2.24) is 15.5 Å². The Hall–Kier alpha value is -3.18. The van der Waals surface area contributed by atoms with Crippen molar-refractivity contribution in [2.45, 2.75) is 69.6 Å². The Kier molecular flexibility index (Phi) is 10.3. The summed E-state index contributed by atoms with van der Waals surface area (Å²) >= 11 is 0. The Balaban J connectivity index is 2.09. The maximum absolute atomic E-state index is 13.2. The number of nitrogens with two attached hydrogens (primary N) is 2. The molecular weight excluding hydrogens is 442 g/mol. The third kappa shape index (κ3) is 7.70. The fourth-order valence-corrected chi connectivity index (χ4v) is 3.88. The second kappa shape index (κ2) is 12.9. The number of likely N-dealkylation sites (tertiary alicyclic amines) is 1. The number of carbonyl (C=O) groups is 4. The zero-order valence-corrected chi connectivity index (χ0v) is 19.4. The molecule has 0 saturated carbocycles. The highest BCUT2D eigenvalue weighted by Crippen LogP contribution is 2.20. The molecule has 11 nitrogen and oxygen atoms in total. The van der Waals surface area contributed by atoms with Gasteiger partial charge in [-0.15, -0.1) is 0 Å². The maximum atomic E-state index is 13.2. The predicted octanol–water partition coefficient (Wildman–Crippen LogP) is -0.544. The summed E-state index contributed by atoms with van der Waals surface area (Å²) in [6.45, 7) is 2.27. The average Bonchev–Trinajstić information content (AvgIpc) is 3.30. The van der Waals surface area contributed by atoms with Gasteiger partial charge in [0.05, 0.1) is 6.04 Å². The molecule has 1 aliphatic rings. The molecule has 2 rings (SSSR count). The van der Waals surface area contributed by atoms with E-state index in [0.717, 1.165) is 6.42 Å². The fraction of sp³-hybridized carbons (Fsp3) is 0.565. The summed E-state index contributed by atoms with van der Waals surface area (Å²) in [5.74, 6) is -2.62. The van der Waals surface area contributed by atoms with Gasteiger partial charge < -0.3 is 37.2 Å². The van der Waals surface area contributed by atoms with Crippen molar-refractivity contribution in [1.29, 1.82) is 0 Å². The van der Waals surface area contributed by atoms with Crippen molar-refractivity contribution in [2.75, 3.05) is 13.1 Å². The second-order valence-electron chi connectivity index (χ2n) is 8.58. The van der Waals surface area contributed by atoms with Crippen LogP contribution in [-0.4, -0.2) is 76.1 Å². The number of unbranched alkanes of at least 4 members (excludes halogenated alkanes) is 1. The summed E-state index contributed by atoms with van der Waals surface area (Å²) in [6.07, 6.45) is 2.85. The minimum atomic E-state index is -1.09. The summed E-state index contributed by atoms with van der Waals surface area (Å²) in [6, 6.07) is 2.42. The first-order chi connectivity index (χ1) is 16.1. The van der Waals surface area contributed by atoms with Gasteiger partial charge in [0.2, 0.25) is 17.7 Å². The van der Waals surface area contributed by atoms with Crippen LogP contribution in [0.5, 0.6) is 5.75 Å². The Morgan fingerprint density at radius 1 is 1.12 bits per heavy atom. The summed E-state index contributed by atoms with van der Waals surface area (Å²) < 4.78 is 0. The van der Waals surface area contributed by atoms with Crippen LogP contribution >= 0.6 is 0 Å². The van der Waals surface area contributed by atoms with E-state index in [2.05, 4.69) is 10.6 Å². The van der Waals surface area contributed by atoms with Crippen molar-refractivity contribution in [2.24, 2.45) is 11.5 Å². The lowest BCUT2D eigenvalue weighted by atomic mass is 10.0. The predicted molar refractivity (Wildman–Crippen MR) is 125 cm³/mol. The summed E-state index contributed by atoms with van der Waals surface area (Å²) in [5.41, 5.74) is 12.0. The first-order valence-electron chi connectivity index (χ1n) is 11.5. The molecule has 34 heavy (non-hydrogen) atoms. The number of carboxylic acids is 1. The molecule has 0 aromatic heterocycles. The lowest BCUT2D eigenvalue weighted by Gasteiger charge is -2.28. The van der Waals surface area contributed by atoms with E-state index in [9.17, 15) is 29.4 Å². The Labute approximate surface area is 198 Å². The van der Waals surface area contributed by atoms with Crippen molar-refractivity contribution < 1.29 is 29.4 Å². The smallest absolute Gasteiger partial charge is 0.326 e. The number of amides is 3. The van der Waals surface area contributed by atoms with Crippen molar-refractivity contribution >= 4 is 23.7 Å². The van der Waals surface area contributed by atoms with Crippen molar-refractivity contribution in [3.63, 3.8) is 0 Å². The quantitative estimate of drug-likeness (QED) is 0.216. The van der Waals surface area contributed by atoms with Crippen LogP contribution < -0.4 is 22.1 Å². The van der Waals surface area contributed by atoms with Gasteiger partial charge in [-0.05, 0) is 56.8 Å². The minimum absolute atomic E-state index is 0.0558. The first kappa shape index (κ1) is 27.1. The Morgan fingerprint density at radius 3 is 2.41 bits per heavy atom. The third-order valence-corrected chi connectivity index (χ3v) is 5.87. The molecule has 0 spiro atoms. The van der Waals surface area contributed by atoms with E-state index in [1.807, 2.05) is 0 Å². The van der Waals surface area contributed by atoms with Gasteiger partial charge in [-0.1, -0.05) is 18.6 Å². The SMILES string of the molecule is CC(NC(=O)C(N)CCCCN)C(=O)NC(Cc1ccc(O)cc1)C(=O)N1CCCC1C(=O)O. The number of aliphatic carboxylic acids is 1. The maximum Gasteiger partial charge on any atom is 0.326 e. The molecule has 1 aromatic carbocycles. The van der Waals surface area contributed by atoms with Gasteiger partial charge in [-0.3, -0.25) is 14.4 Å².